The molecule has 4 rings (SSSR count). The van der Waals surface area contributed by atoms with Gasteiger partial charge in [-0.2, -0.15) is 0 Å². The second-order valence-corrected chi connectivity index (χ2v) is 8.47. The molecule has 0 aromatic heterocycles. The van der Waals surface area contributed by atoms with Gasteiger partial charge in [0.1, 0.15) is 18.3 Å². The number of hydrogen-bond acceptors (Lipinski definition) is 4. The smallest absolute Gasteiger partial charge is 0.255 e. The molecule has 3 aromatic carbocycles. The van der Waals surface area contributed by atoms with E-state index >= 15 is 0 Å². The van der Waals surface area contributed by atoms with Crippen molar-refractivity contribution in [1.29, 1.82) is 0 Å². The lowest BCUT2D eigenvalue weighted by Crippen LogP contribution is -2.56. The van der Waals surface area contributed by atoms with Gasteiger partial charge >= 0.3 is 0 Å². The minimum absolute atomic E-state index is 0.0343. The van der Waals surface area contributed by atoms with Crippen LogP contribution in [0.5, 0.6) is 5.75 Å². The molecule has 1 aliphatic rings. The first-order chi connectivity index (χ1) is 15.8. The summed E-state index contributed by atoms with van der Waals surface area (Å²) in [4.78, 5) is 32.8. The third kappa shape index (κ3) is 4.04. The Morgan fingerprint density at radius 3 is 2.21 bits per heavy atom. The Hall–Kier alpha value is -3.80. The predicted octanol–water partition coefficient (Wildman–Crippen LogP) is 4.50. The number of piperazine rings is 1. The number of benzene rings is 3. The summed E-state index contributed by atoms with van der Waals surface area (Å²) in [6.45, 7) is 3.96. The molecule has 0 spiro atoms. The molecule has 2 amide bonds. The zero-order valence-electron chi connectivity index (χ0n) is 19.7. The van der Waals surface area contributed by atoms with Crippen LogP contribution >= 0.6 is 0 Å². The van der Waals surface area contributed by atoms with Gasteiger partial charge in [-0.25, -0.2) is 0 Å². The van der Waals surface area contributed by atoms with Gasteiger partial charge in [0.25, 0.3) is 5.91 Å². The molecule has 1 atom stereocenters. The lowest BCUT2D eigenvalue weighted by atomic mass is 9.97. The number of rotatable bonds is 5. The average molecular weight is 444 g/mol. The van der Waals surface area contributed by atoms with Crippen molar-refractivity contribution < 1.29 is 14.3 Å². The highest BCUT2D eigenvalue weighted by atomic mass is 16.5. The number of para-hydroxylation sites is 2. The molecule has 6 heteroatoms. The molecule has 0 aliphatic carbocycles. The summed E-state index contributed by atoms with van der Waals surface area (Å²) < 4.78 is 5.54. The quantitative estimate of drug-likeness (QED) is 0.583. The molecule has 3 aromatic rings. The number of hydrogen-bond donors (Lipinski definition) is 0. The molecule has 6 nitrogen and oxygen atoms in total. The van der Waals surface area contributed by atoms with Crippen molar-refractivity contribution in [3.05, 3.63) is 83.4 Å². The molecule has 1 saturated heterocycles. The summed E-state index contributed by atoms with van der Waals surface area (Å²) in [5.41, 5.74) is 5.19. The van der Waals surface area contributed by atoms with Crippen molar-refractivity contribution in [2.24, 2.45) is 0 Å². The summed E-state index contributed by atoms with van der Waals surface area (Å²) >= 11 is 0. The van der Waals surface area contributed by atoms with Crippen molar-refractivity contribution in [2.45, 2.75) is 19.9 Å². The summed E-state index contributed by atoms with van der Waals surface area (Å²) in [5.74, 6) is 0.238. The van der Waals surface area contributed by atoms with Gasteiger partial charge in [-0.15, -0.1) is 0 Å². The minimum Gasteiger partial charge on any atom is -0.495 e. The second kappa shape index (κ2) is 8.98. The van der Waals surface area contributed by atoms with E-state index in [4.69, 9.17) is 4.74 Å². The van der Waals surface area contributed by atoms with Gasteiger partial charge in [0, 0.05) is 25.5 Å². The van der Waals surface area contributed by atoms with Crippen molar-refractivity contribution in [2.75, 3.05) is 42.4 Å². The molecule has 1 aliphatic heterocycles. The average Bonchev–Trinajstić information content (AvgIpc) is 2.82. The maximum absolute atomic E-state index is 14.0. The minimum atomic E-state index is -0.807. The van der Waals surface area contributed by atoms with E-state index in [0.29, 0.717) is 11.4 Å². The topological polar surface area (TPSA) is 53.1 Å². The summed E-state index contributed by atoms with van der Waals surface area (Å²) in [6, 6.07) is 20.1. The van der Waals surface area contributed by atoms with Crippen LogP contribution in [0.2, 0.25) is 0 Å². The fourth-order valence-electron chi connectivity index (χ4n) is 4.27. The molecule has 0 unspecified atom stereocenters. The Morgan fingerprint density at radius 2 is 1.55 bits per heavy atom. The third-order valence-electron chi connectivity index (χ3n) is 6.26. The standard InChI is InChI=1S/C27H29N3O3/c1-18-9-8-11-22(19(18)2)29-17-25(31)30(23-10-6-7-12-24(23)33-5)26(27(29)32)20-13-15-21(16-14-20)28(3)4/h6-16,26H,17H2,1-5H3/t26-/m0/s1. The van der Waals surface area contributed by atoms with Gasteiger partial charge in [0.05, 0.1) is 12.8 Å². The molecule has 0 radical (unpaired) electrons. The first-order valence-corrected chi connectivity index (χ1v) is 10.9. The number of amides is 2. The number of ether oxygens (including phenoxy) is 1. The van der Waals surface area contributed by atoms with Gasteiger partial charge in [-0.1, -0.05) is 36.4 Å². The van der Waals surface area contributed by atoms with Crippen LogP contribution in [0.15, 0.2) is 66.7 Å². The van der Waals surface area contributed by atoms with Crippen LogP contribution in [-0.2, 0) is 9.59 Å². The van der Waals surface area contributed by atoms with Gasteiger partial charge in [0.15, 0.2) is 0 Å². The molecule has 170 valence electrons. The Balaban J connectivity index is 1.86. The predicted molar refractivity (Wildman–Crippen MR) is 132 cm³/mol. The summed E-state index contributed by atoms with van der Waals surface area (Å²) in [6.07, 6.45) is 0. The molecular formula is C27H29N3O3. The Kier molecular flexibility index (Phi) is 6.09. The molecule has 0 N–H and O–H groups in total. The van der Waals surface area contributed by atoms with Gasteiger partial charge in [0.2, 0.25) is 5.91 Å². The van der Waals surface area contributed by atoms with Crippen molar-refractivity contribution in [3.8, 4) is 5.75 Å². The number of anilines is 3. The van der Waals surface area contributed by atoms with Crippen LogP contribution in [-0.4, -0.2) is 39.6 Å². The fraction of sp³-hybridized carbons (Fsp3) is 0.259. The number of aryl methyl sites for hydroxylation is 1. The van der Waals surface area contributed by atoms with Crippen LogP contribution in [0.4, 0.5) is 17.1 Å². The maximum Gasteiger partial charge on any atom is 0.255 e. The SMILES string of the molecule is COc1ccccc1N1C(=O)CN(c2cccc(C)c2C)C(=O)[C@@H]1c1ccc(N(C)C)cc1. The van der Waals surface area contributed by atoms with Gasteiger partial charge < -0.3 is 14.5 Å². The molecule has 1 heterocycles. The van der Waals surface area contributed by atoms with Crippen LogP contribution in [0.3, 0.4) is 0 Å². The molecule has 33 heavy (non-hydrogen) atoms. The van der Waals surface area contributed by atoms with E-state index in [2.05, 4.69) is 0 Å². The Morgan fingerprint density at radius 1 is 0.879 bits per heavy atom. The zero-order valence-corrected chi connectivity index (χ0v) is 19.7. The van der Waals surface area contributed by atoms with E-state index in [1.165, 1.54) is 0 Å². The van der Waals surface area contributed by atoms with Crippen molar-refractivity contribution >= 4 is 28.9 Å². The highest BCUT2D eigenvalue weighted by Gasteiger charge is 2.43. The van der Waals surface area contributed by atoms with Crippen LogP contribution in [0, 0.1) is 13.8 Å². The van der Waals surface area contributed by atoms with E-state index < -0.39 is 6.04 Å². The third-order valence-corrected chi connectivity index (χ3v) is 6.26. The number of nitrogens with zero attached hydrogens (tertiary/aromatic N) is 3. The lowest BCUT2D eigenvalue weighted by molar-refractivity contribution is -0.128. The molecule has 0 saturated carbocycles. The van der Waals surface area contributed by atoms with E-state index in [9.17, 15) is 9.59 Å². The van der Waals surface area contributed by atoms with E-state index in [0.717, 1.165) is 28.1 Å². The lowest BCUT2D eigenvalue weighted by Gasteiger charge is -2.41. The first kappa shape index (κ1) is 22.4. The van der Waals surface area contributed by atoms with Gasteiger partial charge in [-0.05, 0) is 60.9 Å². The van der Waals surface area contributed by atoms with Crippen molar-refractivity contribution in [3.63, 3.8) is 0 Å². The highest BCUT2D eigenvalue weighted by Crippen LogP contribution is 2.39. The van der Waals surface area contributed by atoms with E-state index in [-0.39, 0.29) is 18.4 Å². The maximum atomic E-state index is 14.0. The summed E-state index contributed by atoms with van der Waals surface area (Å²) in [5, 5.41) is 0. The van der Waals surface area contributed by atoms with E-state index in [1.54, 1.807) is 23.0 Å². The number of carbonyl (C=O) groups is 2. The van der Waals surface area contributed by atoms with Crippen molar-refractivity contribution in [1.82, 2.24) is 0 Å². The van der Waals surface area contributed by atoms with Crippen LogP contribution in [0.1, 0.15) is 22.7 Å². The Labute approximate surface area is 195 Å². The number of methoxy groups -OCH3 is 1. The fourth-order valence-corrected chi connectivity index (χ4v) is 4.27. The van der Waals surface area contributed by atoms with Crippen LogP contribution < -0.4 is 19.4 Å². The Bertz CT molecular complexity index is 1190. The number of carbonyl (C=O) groups excluding carboxylic acids is 2. The normalized spacial score (nSPS) is 16.2. The zero-order chi connectivity index (χ0) is 23.7. The molecular weight excluding hydrogens is 414 g/mol. The largest absolute Gasteiger partial charge is 0.495 e. The molecule has 0 bridgehead atoms. The first-order valence-electron chi connectivity index (χ1n) is 10.9. The van der Waals surface area contributed by atoms with E-state index in [1.807, 2.05) is 93.5 Å². The second-order valence-electron chi connectivity index (χ2n) is 8.47. The molecule has 1 fully saturated rings. The monoisotopic (exact) mass is 443 g/mol. The van der Waals surface area contributed by atoms with Crippen LogP contribution in [0.25, 0.3) is 0 Å². The summed E-state index contributed by atoms with van der Waals surface area (Å²) in [7, 11) is 5.50. The highest BCUT2D eigenvalue weighted by molar-refractivity contribution is 6.15. The van der Waals surface area contributed by atoms with Gasteiger partial charge in [-0.3, -0.25) is 14.5 Å².